The van der Waals surface area contributed by atoms with Gasteiger partial charge >= 0.3 is 0 Å². The molecule has 0 unspecified atom stereocenters. The molecule has 1 heterocycles. The first-order chi connectivity index (χ1) is 10.4. The number of halogens is 1. The second-order valence-electron chi connectivity index (χ2n) is 5.02. The number of nitrogens with one attached hydrogen (secondary N) is 1. The Bertz CT molecular complexity index is 779. The lowest BCUT2D eigenvalue weighted by atomic mass is 10.1. The van der Waals surface area contributed by atoms with Crippen molar-refractivity contribution in [3.8, 4) is 6.07 Å². The molecule has 0 spiro atoms. The van der Waals surface area contributed by atoms with Gasteiger partial charge in [0.1, 0.15) is 17.5 Å². The van der Waals surface area contributed by atoms with E-state index in [4.69, 9.17) is 0 Å². The van der Waals surface area contributed by atoms with Gasteiger partial charge in [-0.1, -0.05) is 0 Å². The summed E-state index contributed by atoms with van der Waals surface area (Å²) in [5.74, 6) is -0.903. The van der Waals surface area contributed by atoms with Crippen LogP contribution in [0.2, 0.25) is 0 Å². The van der Waals surface area contributed by atoms with Gasteiger partial charge in [0.2, 0.25) is 0 Å². The fourth-order valence-electron chi connectivity index (χ4n) is 2.07. The normalized spacial score (nSPS) is 11.1. The standard InChI is InChI=1S/C17H16FN3O/c1-11-8-13(12(2)21(11)3)9-14(10-19)17(22)20-16-6-4-15(18)5-7-16/h4-9H,1-3H3,(H,20,22)/b14-9-. The Morgan fingerprint density at radius 3 is 2.45 bits per heavy atom. The molecule has 0 bridgehead atoms. The minimum absolute atomic E-state index is 0.00183. The van der Waals surface area contributed by atoms with Gasteiger partial charge in [-0.25, -0.2) is 4.39 Å². The van der Waals surface area contributed by atoms with Gasteiger partial charge in [-0.3, -0.25) is 4.79 Å². The van der Waals surface area contributed by atoms with Crippen molar-refractivity contribution in [2.75, 3.05) is 5.32 Å². The zero-order valence-electron chi connectivity index (χ0n) is 12.6. The van der Waals surface area contributed by atoms with Gasteiger partial charge < -0.3 is 9.88 Å². The van der Waals surface area contributed by atoms with Gasteiger partial charge in [0.15, 0.2) is 0 Å². The largest absolute Gasteiger partial charge is 0.352 e. The van der Waals surface area contributed by atoms with E-state index in [0.717, 1.165) is 17.0 Å². The van der Waals surface area contributed by atoms with Crippen molar-refractivity contribution in [1.29, 1.82) is 5.26 Å². The molecular weight excluding hydrogens is 281 g/mol. The Morgan fingerprint density at radius 1 is 1.32 bits per heavy atom. The lowest BCUT2D eigenvalue weighted by Gasteiger charge is -2.04. The highest BCUT2D eigenvalue weighted by Crippen LogP contribution is 2.17. The molecule has 2 aromatic rings. The second kappa shape index (κ2) is 6.27. The summed E-state index contributed by atoms with van der Waals surface area (Å²) >= 11 is 0. The molecule has 2 rings (SSSR count). The van der Waals surface area contributed by atoms with Gasteiger partial charge in [0, 0.05) is 24.1 Å². The molecule has 1 amide bonds. The molecule has 0 atom stereocenters. The number of aromatic nitrogens is 1. The van der Waals surface area contributed by atoms with Crippen LogP contribution >= 0.6 is 0 Å². The fraction of sp³-hybridized carbons (Fsp3) is 0.176. The van der Waals surface area contributed by atoms with E-state index in [9.17, 15) is 14.4 Å². The summed E-state index contributed by atoms with van der Waals surface area (Å²) in [6.07, 6.45) is 1.56. The van der Waals surface area contributed by atoms with E-state index in [1.54, 1.807) is 6.08 Å². The Kier molecular flexibility index (Phi) is 4.42. The van der Waals surface area contributed by atoms with Gasteiger partial charge in [-0.2, -0.15) is 5.26 Å². The lowest BCUT2D eigenvalue weighted by Crippen LogP contribution is -2.13. The molecule has 1 aromatic carbocycles. The van der Waals surface area contributed by atoms with Crippen molar-refractivity contribution in [1.82, 2.24) is 4.57 Å². The summed E-state index contributed by atoms with van der Waals surface area (Å²) in [6, 6.07) is 9.20. The van der Waals surface area contributed by atoms with E-state index >= 15 is 0 Å². The van der Waals surface area contributed by atoms with Gasteiger partial charge in [0.25, 0.3) is 5.91 Å². The molecule has 112 valence electrons. The second-order valence-corrected chi connectivity index (χ2v) is 5.02. The third-order valence-corrected chi connectivity index (χ3v) is 3.58. The molecule has 0 aliphatic carbocycles. The molecule has 1 aromatic heterocycles. The number of carbonyl (C=O) groups excluding carboxylic acids is 1. The van der Waals surface area contributed by atoms with Crippen LogP contribution in [0.5, 0.6) is 0 Å². The number of hydrogen-bond donors (Lipinski definition) is 1. The van der Waals surface area contributed by atoms with Crippen molar-refractivity contribution >= 4 is 17.7 Å². The summed E-state index contributed by atoms with van der Waals surface area (Å²) in [4.78, 5) is 12.1. The number of rotatable bonds is 3. The fourth-order valence-corrected chi connectivity index (χ4v) is 2.07. The molecule has 0 saturated heterocycles. The predicted molar refractivity (Wildman–Crippen MR) is 83.5 cm³/mol. The lowest BCUT2D eigenvalue weighted by molar-refractivity contribution is -0.112. The Labute approximate surface area is 128 Å². The smallest absolute Gasteiger partial charge is 0.266 e. The first-order valence-corrected chi connectivity index (χ1v) is 6.74. The minimum Gasteiger partial charge on any atom is -0.352 e. The van der Waals surface area contributed by atoms with E-state index in [1.165, 1.54) is 24.3 Å². The van der Waals surface area contributed by atoms with E-state index in [0.29, 0.717) is 5.69 Å². The van der Waals surface area contributed by atoms with Crippen LogP contribution in [0.1, 0.15) is 17.0 Å². The summed E-state index contributed by atoms with van der Waals surface area (Å²) in [6.45, 7) is 3.88. The quantitative estimate of drug-likeness (QED) is 0.698. The summed E-state index contributed by atoms with van der Waals surface area (Å²) < 4.78 is 14.8. The van der Waals surface area contributed by atoms with E-state index in [1.807, 2.05) is 37.6 Å². The molecule has 1 N–H and O–H groups in total. The molecule has 4 nitrogen and oxygen atoms in total. The van der Waals surface area contributed by atoms with Gasteiger partial charge in [-0.15, -0.1) is 0 Å². The number of anilines is 1. The van der Waals surface area contributed by atoms with Crippen LogP contribution in [0.15, 0.2) is 35.9 Å². The number of amides is 1. The van der Waals surface area contributed by atoms with Crippen LogP contribution < -0.4 is 5.32 Å². The molecule has 0 radical (unpaired) electrons. The Hall–Kier alpha value is -2.87. The number of hydrogen-bond acceptors (Lipinski definition) is 2. The average molecular weight is 297 g/mol. The molecule has 0 fully saturated rings. The highest BCUT2D eigenvalue weighted by molar-refractivity contribution is 6.09. The molecule has 0 saturated carbocycles. The van der Waals surface area contributed by atoms with Gasteiger partial charge in [0.05, 0.1) is 0 Å². The van der Waals surface area contributed by atoms with Crippen LogP contribution in [-0.4, -0.2) is 10.5 Å². The third kappa shape index (κ3) is 3.23. The minimum atomic E-state index is -0.519. The third-order valence-electron chi connectivity index (χ3n) is 3.58. The van der Waals surface area contributed by atoms with Crippen molar-refractivity contribution in [2.24, 2.45) is 7.05 Å². The molecule has 0 aliphatic heterocycles. The number of carbonyl (C=O) groups is 1. The Morgan fingerprint density at radius 2 is 1.95 bits per heavy atom. The number of nitriles is 1. The van der Waals surface area contributed by atoms with E-state index in [2.05, 4.69) is 5.32 Å². The first kappa shape index (κ1) is 15.5. The Balaban J connectivity index is 2.25. The van der Waals surface area contributed by atoms with Crippen molar-refractivity contribution < 1.29 is 9.18 Å². The predicted octanol–water partition coefficient (Wildman–Crippen LogP) is 3.33. The molecular formula is C17H16FN3O. The maximum absolute atomic E-state index is 12.8. The van der Waals surface area contributed by atoms with E-state index in [-0.39, 0.29) is 11.4 Å². The summed E-state index contributed by atoms with van der Waals surface area (Å²) in [5.41, 5.74) is 3.28. The summed E-state index contributed by atoms with van der Waals surface area (Å²) in [5, 5.41) is 11.8. The monoisotopic (exact) mass is 297 g/mol. The SMILES string of the molecule is Cc1cc(/C=C(/C#N)C(=O)Nc2ccc(F)cc2)c(C)n1C. The summed E-state index contributed by atoms with van der Waals surface area (Å²) in [7, 11) is 1.92. The van der Waals surface area contributed by atoms with Crippen molar-refractivity contribution in [3.63, 3.8) is 0 Å². The average Bonchev–Trinajstić information content (AvgIpc) is 2.74. The molecule has 22 heavy (non-hydrogen) atoms. The van der Waals surface area contributed by atoms with Crippen LogP contribution in [0, 0.1) is 31.0 Å². The zero-order chi connectivity index (χ0) is 16.3. The van der Waals surface area contributed by atoms with Crippen LogP contribution in [0.4, 0.5) is 10.1 Å². The van der Waals surface area contributed by atoms with Crippen molar-refractivity contribution in [2.45, 2.75) is 13.8 Å². The van der Waals surface area contributed by atoms with Gasteiger partial charge in [-0.05, 0) is 55.8 Å². The molecule has 5 heteroatoms. The highest BCUT2D eigenvalue weighted by atomic mass is 19.1. The van der Waals surface area contributed by atoms with E-state index < -0.39 is 5.91 Å². The van der Waals surface area contributed by atoms with Crippen molar-refractivity contribution in [3.05, 3.63) is 58.7 Å². The first-order valence-electron chi connectivity index (χ1n) is 6.74. The van der Waals surface area contributed by atoms with Crippen LogP contribution in [0.3, 0.4) is 0 Å². The van der Waals surface area contributed by atoms with Crippen LogP contribution in [-0.2, 0) is 11.8 Å². The maximum atomic E-state index is 12.8. The van der Waals surface area contributed by atoms with Crippen LogP contribution in [0.25, 0.3) is 6.08 Å². The number of nitrogens with zero attached hydrogens (tertiary/aromatic N) is 2. The highest BCUT2D eigenvalue weighted by Gasteiger charge is 2.12. The maximum Gasteiger partial charge on any atom is 0.266 e. The number of aryl methyl sites for hydroxylation is 1. The topological polar surface area (TPSA) is 57.8 Å². The molecule has 0 aliphatic rings. The zero-order valence-corrected chi connectivity index (χ0v) is 12.6. The number of benzene rings is 1.